The van der Waals surface area contributed by atoms with Gasteiger partial charge in [0.1, 0.15) is 0 Å². The van der Waals surface area contributed by atoms with Crippen LogP contribution in [0.4, 0.5) is 0 Å². The molecular formula is C15H32N2O2. The predicted molar refractivity (Wildman–Crippen MR) is 80.2 cm³/mol. The first kappa shape index (κ1) is 18.4. The maximum absolute atomic E-state index is 11.4. The lowest BCUT2D eigenvalue weighted by Gasteiger charge is -2.29. The fourth-order valence-corrected chi connectivity index (χ4v) is 1.84. The molecule has 0 atom stereocenters. The molecule has 0 saturated carbocycles. The van der Waals surface area contributed by atoms with Gasteiger partial charge in [-0.1, -0.05) is 34.6 Å². The Kier molecular flexibility index (Phi) is 8.26. The number of hydrogen-bond donors (Lipinski definition) is 2. The molecule has 0 aromatic rings. The largest absolute Gasteiger partial charge is 0.380 e. The Bertz CT molecular complexity index is 263. The molecule has 4 nitrogen and oxygen atoms in total. The molecule has 114 valence electrons. The van der Waals surface area contributed by atoms with E-state index in [1.807, 2.05) is 14.0 Å². The predicted octanol–water partition coefficient (Wildman–Crippen LogP) is 2.19. The minimum Gasteiger partial charge on any atom is -0.380 e. The molecule has 0 radical (unpaired) electrons. The summed E-state index contributed by atoms with van der Waals surface area (Å²) in [5, 5.41) is 6.14. The summed E-state index contributed by atoms with van der Waals surface area (Å²) in [6.45, 7) is 13.6. The van der Waals surface area contributed by atoms with Gasteiger partial charge < -0.3 is 15.4 Å². The second kappa shape index (κ2) is 8.54. The molecule has 1 amide bonds. The molecule has 0 saturated heterocycles. The van der Waals surface area contributed by atoms with E-state index in [0.29, 0.717) is 19.6 Å². The topological polar surface area (TPSA) is 50.4 Å². The number of nitrogens with one attached hydrogen (secondary N) is 2. The summed E-state index contributed by atoms with van der Waals surface area (Å²) in [5.74, 6) is 0.131. The summed E-state index contributed by atoms with van der Waals surface area (Å²) >= 11 is 0. The zero-order chi connectivity index (χ0) is 14.9. The molecule has 0 aromatic carbocycles. The first-order valence-corrected chi connectivity index (χ1v) is 7.21. The summed E-state index contributed by atoms with van der Waals surface area (Å²) in [6, 6.07) is 0. The number of amides is 1. The van der Waals surface area contributed by atoms with Crippen LogP contribution >= 0.6 is 0 Å². The van der Waals surface area contributed by atoms with Crippen LogP contribution in [0.25, 0.3) is 0 Å². The lowest BCUT2D eigenvalue weighted by Crippen LogP contribution is -2.38. The first-order chi connectivity index (χ1) is 8.72. The number of ether oxygens (including phenoxy) is 1. The second-order valence-corrected chi connectivity index (χ2v) is 6.88. The van der Waals surface area contributed by atoms with Crippen molar-refractivity contribution in [1.82, 2.24) is 10.6 Å². The first-order valence-electron chi connectivity index (χ1n) is 7.21. The highest BCUT2D eigenvalue weighted by atomic mass is 16.5. The number of carbonyl (C=O) groups is 1. The van der Waals surface area contributed by atoms with Crippen molar-refractivity contribution < 1.29 is 9.53 Å². The van der Waals surface area contributed by atoms with Gasteiger partial charge in [-0.3, -0.25) is 4.79 Å². The fourth-order valence-electron chi connectivity index (χ4n) is 1.84. The van der Waals surface area contributed by atoms with Crippen molar-refractivity contribution in [2.75, 3.05) is 33.4 Å². The van der Waals surface area contributed by atoms with Crippen LogP contribution < -0.4 is 10.6 Å². The van der Waals surface area contributed by atoms with Crippen LogP contribution in [0, 0.1) is 10.8 Å². The normalized spacial score (nSPS) is 12.5. The summed E-state index contributed by atoms with van der Waals surface area (Å²) in [5.41, 5.74) is 0.107. The van der Waals surface area contributed by atoms with E-state index in [2.05, 4.69) is 38.3 Å². The van der Waals surface area contributed by atoms with E-state index < -0.39 is 0 Å². The van der Waals surface area contributed by atoms with E-state index in [1.165, 1.54) is 0 Å². The van der Waals surface area contributed by atoms with Gasteiger partial charge in [-0.05, 0) is 13.5 Å². The maximum atomic E-state index is 11.4. The molecule has 0 aliphatic rings. The third-order valence-electron chi connectivity index (χ3n) is 2.88. The average molecular weight is 272 g/mol. The summed E-state index contributed by atoms with van der Waals surface area (Å²) in [6.07, 6.45) is 1.49. The molecule has 0 unspecified atom stereocenters. The van der Waals surface area contributed by atoms with Gasteiger partial charge in [-0.2, -0.15) is 0 Å². The SMILES string of the molecule is CCCC(=O)NCC(C)(C)COCC(C)(C)CNC. The fraction of sp³-hybridized carbons (Fsp3) is 0.933. The number of rotatable bonds is 10. The Labute approximate surface area is 118 Å². The zero-order valence-electron chi connectivity index (χ0n) is 13.6. The van der Waals surface area contributed by atoms with Gasteiger partial charge in [0.15, 0.2) is 0 Å². The summed E-state index contributed by atoms with van der Waals surface area (Å²) in [7, 11) is 1.95. The van der Waals surface area contributed by atoms with Crippen molar-refractivity contribution in [2.45, 2.75) is 47.5 Å². The van der Waals surface area contributed by atoms with Crippen LogP contribution in [-0.2, 0) is 9.53 Å². The van der Waals surface area contributed by atoms with Crippen LogP contribution in [0.2, 0.25) is 0 Å². The molecule has 0 aliphatic heterocycles. The van der Waals surface area contributed by atoms with Crippen molar-refractivity contribution in [3.8, 4) is 0 Å². The Hall–Kier alpha value is -0.610. The molecule has 0 aromatic heterocycles. The smallest absolute Gasteiger partial charge is 0.220 e. The average Bonchev–Trinajstić information content (AvgIpc) is 2.26. The third-order valence-corrected chi connectivity index (χ3v) is 2.88. The van der Waals surface area contributed by atoms with Gasteiger partial charge in [0.25, 0.3) is 0 Å². The van der Waals surface area contributed by atoms with Crippen molar-refractivity contribution in [1.29, 1.82) is 0 Å². The highest BCUT2D eigenvalue weighted by molar-refractivity contribution is 5.75. The Morgan fingerprint density at radius 3 is 2.05 bits per heavy atom. The van der Waals surface area contributed by atoms with E-state index in [-0.39, 0.29) is 16.7 Å². The van der Waals surface area contributed by atoms with Crippen molar-refractivity contribution >= 4 is 5.91 Å². The lowest BCUT2D eigenvalue weighted by molar-refractivity contribution is -0.121. The van der Waals surface area contributed by atoms with Crippen molar-refractivity contribution in [3.05, 3.63) is 0 Å². The van der Waals surface area contributed by atoms with Gasteiger partial charge in [0.05, 0.1) is 13.2 Å². The molecule has 0 fully saturated rings. The highest BCUT2D eigenvalue weighted by Gasteiger charge is 2.22. The van der Waals surface area contributed by atoms with Gasteiger partial charge in [0.2, 0.25) is 5.91 Å². The zero-order valence-corrected chi connectivity index (χ0v) is 13.6. The lowest BCUT2D eigenvalue weighted by atomic mass is 9.93. The molecular weight excluding hydrogens is 240 g/mol. The Morgan fingerprint density at radius 1 is 1.05 bits per heavy atom. The van der Waals surface area contributed by atoms with Gasteiger partial charge >= 0.3 is 0 Å². The molecule has 0 bridgehead atoms. The number of hydrogen-bond acceptors (Lipinski definition) is 3. The molecule has 19 heavy (non-hydrogen) atoms. The molecule has 0 heterocycles. The minimum atomic E-state index is -0.0286. The van der Waals surface area contributed by atoms with Crippen LogP contribution in [0.3, 0.4) is 0 Å². The highest BCUT2D eigenvalue weighted by Crippen LogP contribution is 2.18. The van der Waals surface area contributed by atoms with E-state index in [1.54, 1.807) is 0 Å². The minimum absolute atomic E-state index is 0.0286. The Morgan fingerprint density at radius 2 is 1.58 bits per heavy atom. The van der Waals surface area contributed by atoms with Gasteiger partial charge in [0, 0.05) is 30.3 Å². The standard InChI is InChI=1S/C15H32N2O2/c1-7-8-13(18)17-10-15(4,5)12-19-11-14(2,3)9-16-6/h16H,7-12H2,1-6H3,(H,17,18). The van der Waals surface area contributed by atoms with E-state index >= 15 is 0 Å². The van der Waals surface area contributed by atoms with Crippen LogP contribution in [-0.4, -0.2) is 39.3 Å². The summed E-state index contributed by atoms with van der Waals surface area (Å²) < 4.78 is 5.82. The van der Waals surface area contributed by atoms with Gasteiger partial charge in [-0.15, -0.1) is 0 Å². The Balaban J connectivity index is 3.93. The quantitative estimate of drug-likeness (QED) is 0.641. The molecule has 2 N–H and O–H groups in total. The van der Waals surface area contributed by atoms with E-state index in [4.69, 9.17) is 4.74 Å². The third kappa shape index (κ3) is 9.91. The van der Waals surface area contributed by atoms with E-state index in [9.17, 15) is 4.79 Å². The van der Waals surface area contributed by atoms with E-state index in [0.717, 1.165) is 19.6 Å². The van der Waals surface area contributed by atoms with Crippen LogP contribution in [0.5, 0.6) is 0 Å². The van der Waals surface area contributed by atoms with Crippen LogP contribution in [0.1, 0.15) is 47.5 Å². The molecule has 4 heteroatoms. The second-order valence-electron chi connectivity index (χ2n) is 6.88. The van der Waals surface area contributed by atoms with Crippen molar-refractivity contribution in [3.63, 3.8) is 0 Å². The van der Waals surface area contributed by atoms with Crippen LogP contribution in [0.15, 0.2) is 0 Å². The number of carbonyl (C=O) groups excluding carboxylic acids is 1. The maximum Gasteiger partial charge on any atom is 0.220 e. The molecule has 0 aliphatic carbocycles. The summed E-state index contributed by atoms with van der Waals surface area (Å²) in [4.78, 5) is 11.4. The molecule has 0 rings (SSSR count). The molecule has 0 spiro atoms. The van der Waals surface area contributed by atoms with Gasteiger partial charge in [-0.25, -0.2) is 0 Å². The monoisotopic (exact) mass is 272 g/mol. The van der Waals surface area contributed by atoms with Crippen molar-refractivity contribution in [2.24, 2.45) is 10.8 Å².